The van der Waals surface area contributed by atoms with Gasteiger partial charge in [-0.1, -0.05) is 53.4 Å². The van der Waals surface area contributed by atoms with E-state index < -0.39 is 23.6 Å². The van der Waals surface area contributed by atoms with E-state index in [1.54, 1.807) is 121 Å². The number of fused-ring (bicyclic) bond motifs is 8. The maximum Gasteiger partial charge on any atom is 0.248 e. The molecule has 0 aromatic heterocycles. The Balaban J connectivity index is 1.31. The van der Waals surface area contributed by atoms with Crippen molar-refractivity contribution in [1.82, 2.24) is 0 Å². The van der Waals surface area contributed by atoms with Gasteiger partial charge in [-0.3, -0.25) is 19.2 Å². The highest BCUT2D eigenvalue weighted by Gasteiger charge is 2.25. The predicted octanol–water partition coefficient (Wildman–Crippen LogP) is 17.2. The number of benzene rings is 8. The lowest BCUT2D eigenvalue weighted by Gasteiger charge is -2.24. The van der Waals surface area contributed by atoms with E-state index in [1.807, 2.05) is 48.5 Å². The van der Waals surface area contributed by atoms with Gasteiger partial charge in [-0.05, 0) is 262 Å². The van der Waals surface area contributed by atoms with Gasteiger partial charge in [0.15, 0.2) is 0 Å². The highest BCUT2D eigenvalue weighted by atomic mass is 16.5. The lowest BCUT2D eigenvalue weighted by molar-refractivity contribution is -0.112. The van der Waals surface area contributed by atoms with Crippen LogP contribution in [0.3, 0.4) is 0 Å². The molecule has 8 aromatic carbocycles. The summed E-state index contributed by atoms with van der Waals surface area (Å²) in [6.07, 6.45) is 20.3. The van der Waals surface area contributed by atoms with Gasteiger partial charge in [-0.2, -0.15) is 21.0 Å². The molecule has 1 aliphatic rings. The van der Waals surface area contributed by atoms with Crippen LogP contribution in [0, 0.1) is 45.3 Å². The maximum absolute atomic E-state index is 13.9. The Morgan fingerprint density at radius 2 is 0.500 bits per heavy atom. The lowest BCUT2D eigenvalue weighted by atomic mass is 9.88. The molecule has 0 fully saturated rings. The van der Waals surface area contributed by atoms with Gasteiger partial charge in [0, 0.05) is 72.7 Å². The normalized spacial score (nSPS) is 11.7. The fourth-order valence-electron chi connectivity index (χ4n) is 11.3. The van der Waals surface area contributed by atoms with E-state index in [1.165, 1.54) is 24.3 Å². The molecule has 16 nitrogen and oxygen atoms in total. The van der Waals surface area contributed by atoms with Crippen LogP contribution in [0.15, 0.2) is 170 Å². The fraction of sp³-hybridized carbons (Fsp3) is 0.238. The summed E-state index contributed by atoms with van der Waals surface area (Å²) >= 11 is 0. The van der Waals surface area contributed by atoms with Crippen molar-refractivity contribution in [1.29, 1.82) is 21.0 Å². The van der Waals surface area contributed by atoms with Gasteiger partial charge >= 0.3 is 0 Å². The summed E-state index contributed by atoms with van der Waals surface area (Å²) < 4.78 is 28.3. The summed E-state index contributed by atoms with van der Waals surface area (Å²) in [5, 5.41) is 49.6. The number of rotatable bonds is 28. The molecule has 1 aliphatic carbocycles. The van der Waals surface area contributed by atoms with Gasteiger partial charge < -0.3 is 40.2 Å². The lowest BCUT2D eigenvalue weighted by Crippen LogP contribution is -2.12. The zero-order chi connectivity index (χ0) is 70.6. The topological polar surface area (TPSA) is 248 Å². The highest BCUT2D eigenvalue weighted by molar-refractivity contribution is 6.04. The second kappa shape index (κ2) is 36.8. The number of unbranched alkanes of at least 4 members (excludes halogenated alkanes) is 4. The largest absolute Gasteiger partial charge is 0.493 e. The Labute approximate surface area is 585 Å². The molecule has 0 spiro atoms. The van der Waals surface area contributed by atoms with Crippen molar-refractivity contribution in [3.63, 3.8) is 0 Å². The first-order valence-electron chi connectivity index (χ1n) is 33.9. The fourth-order valence-corrected chi connectivity index (χ4v) is 11.3. The number of ether oxygens (including phenoxy) is 4. The van der Waals surface area contributed by atoms with Crippen LogP contribution in [-0.2, 0) is 44.9 Å². The Morgan fingerprint density at radius 1 is 0.320 bits per heavy atom. The van der Waals surface area contributed by atoms with E-state index in [0.29, 0.717) is 117 Å². The Morgan fingerprint density at radius 3 is 0.660 bits per heavy atom. The molecule has 8 aromatic rings. The van der Waals surface area contributed by atoms with E-state index in [9.17, 15) is 40.2 Å². The second-order valence-corrected chi connectivity index (χ2v) is 24.2. The Hall–Kier alpha value is -12.2. The molecule has 4 N–H and O–H groups in total. The SMILES string of the molecule is CCCCOc1c2cc(/C=C\C(=O)Nc3ccc(C#N)cc3)cc1Cc1cc(/C=C/C(=O)Nc3ccc(C#N)cc3)cc(c1OCCCC)Cc1cc(/C=C/C(=O)Nc3ccc(C#N)cc3)cc(c1OCCCC)Cc1cc(/C=C/C(=O)Nc3ccc(C#N)cc3)cc(c1OCCCC)C2. The summed E-state index contributed by atoms with van der Waals surface area (Å²) in [7, 11) is 0. The average Bonchev–Trinajstić information content (AvgIpc) is 0.775. The molecule has 4 amide bonds. The molecule has 504 valence electrons. The van der Waals surface area contributed by atoms with Crippen molar-refractivity contribution in [3.05, 3.63) is 259 Å². The summed E-state index contributed by atoms with van der Waals surface area (Å²) in [5.41, 5.74) is 12.9. The number of hydrogen-bond acceptors (Lipinski definition) is 12. The van der Waals surface area contributed by atoms with Crippen molar-refractivity contribution >= 4 is 70.7 Å². The van der Waals surface area contributed by atoms with Crippen LogP contribution in [0.5, 0.6) is 23.0 Å². The minimum atomic E-state index is -0.394. The molecule has 8 bridgehead atoms. The molecule has 100 heavy (non-hydrogen) atoms. The highest BCUT2D eigenvalue weighted by Crippen LogP contribution is 2.42. The standard InChI is InChI=1S/C84H80N8O8/c1-5-9-37-97-81-65-41-61(21-33-77(93)89-73-25-13-57(53-85)14-26-73)42-66(81)50-68-44-63(23-35-79(95)91-75-29-17-59(55-87)18-30-75)46-70(83(68)99-39-11-7-3)52-72-48-64(24-36-80(96)92-76-31-19-60(56-88)20-32-76)47-71(84(72)100-40-12-8-4)51-69-45-62(43-67(49-65)82(69)98-38-10-6-2)22-34-78(94)90-74-27-15-58(54-86)16-28-74/h13-36,41-48H,5-12,37-40,49-52H2,1-4H3,(H,89,93)(H,90,94)(H,91,95)(H,92,96)/b33-21-,34-22+,35-23+,36-24+. The number of anilines is 4. The van der Waals surface area contributed by atoms with E-state index in [-0.39, 0.29) is 25.7 Å². The first-order valence-corrected chi connectivity index (χ1v) is 33.9. The maximum atomic E-state index is 13.9. The molecular formula is C84H80N8O8. The monoisotopic (exact) mass is 1330 g/mol. The Kier molecular flexibility index (Phi) is 26.5. The predicted molar refractivity (Wildman–Crippen MR) is 394 cm³/mol. The molecule has 16 heteroatoms. The van der Waals surface area contributed by atoms with Crippen molar-refractivity contribution in [3.8, 4) is 47.3 Å². The van der Waals surface area contributed by atoms with Crippen LogP contribution in [0.25, 0.3) is 24.3 Å². The zero-order valence-electron chi connectivity index (χ0n) is 56.8. The van der Waals surface area contributed by atoms with Crippen LogP contribution >= 0.6 is 0 Å². The third kappa shape index (κ3) is 20.9. The first kappa shape index (κ1) is 72.0. The van der Waals surface area contributed by atoms with Crippen molar-refractivity contribution in [2.75, 3.05) is 47.7 Å². The van der Waals surface area contributed by atoms with Crippen molar-refractivity contribution in [2.24, 2.45) is 0 Å². The number of hydrogen-bond donors (Lipinski definition) is 4. The average molecular weight is 1330 g/mol. The number of amides is 4. The first-order chi connectivity index (χ1) is 48.8. The summed E-state index contributed by atoms with van der Waals surface area (Å²) in [5.74, 6) is 0.939. The van der Waals surface area contributed by atoms with E-state index in [2.05, 4.69) is 73.2 Å². The van der Waals surface area contributed by atoms with Crippen LogP contribution in [-0.4, -0.2) is 50.1 Å². The number of carbonyl (C=O) groups is 4. The molecular weight excluding hydrogens is 1250 g/mol. The van der Waals surface area contributed by atoms with Crippen molar-refractivity contribution < 1.29 is 38.1 Å². The van der Waals surface area contributed by atoms with Gasteiger partial charge in [-0.25, -0.2) is 0 Å². The summed E-state index contributed by atoms with van der Waals surface area (Å²) in [4.78, 5) is 55.5. The van der Waals surface area contributed by atoms with Crippen molar-refractivity contribution in [2.45, 2.75) is 105 Å². The smallest absolute Gasteiger partial charge is 0.248 e. The van der Waals surface area contributed by atoms with Crippen LogP contribution in [0.2, 0.25) is 0 Å². The molecule has 0 atom stereocenters. The van der Waals surface area contributed by atoms with E-state index in [0.717, 1.165) is 95.9 Å². The number of carbonyl (C=O) groups excluding carboxylic acids is 4. The van der Waals surface area contributed by atoms with Gasteiger partial charge in [0.2, 0.25) is 23.6 Å². The number of nitrogens with one attached hydrogen (secondary N) is 4. The summed E-state index contributed by atoms with van der Waals surface area (Å²) in [6.45, 7) is 9.94. The molecule has 0 radical (unpaired) electrons. The third-order valence-electron chi connectivity index (χ3n) is 16.4. The molecule has 0 saturated carbocycles. The molecule has 0 heterocycles. The summed E-state index contributed by atoms with van der Waals surface area (Å²) in [6, 6.07) is 51.2. The Bertz CT molecular complexity index is 3870. The van der Waals surface area contributed by atoms with E-state index in [4.69, 9.17) is 18.9 Å². The minimum Gasteiger partial charge on any atom is -0.493 e. The van der Waals surface area contributed by atoms with E-state index >= 15 is 0 Å². The van der Waals surface area contributed by atoms with Crippen LogP contribution in [0.4, 0.5) is 22.7 Å². The number of nitriles is 4. The van der Waals surface area contributed by atoms with Crippen LogP contribution in [0.1, 0.15) is 168 Å². The van der Waals surface area contributed by atoms with Gasteiger partial charge in [0.05, 0.1) is 73.0 Å². The quantitative estimate of drug-likeness (QED) is 0.0264. The van der Waals surface area contributed by atoms with Gasteiger partial charge in [0.1, 0.15) is 23.0 Å². The number of nitrogens with zero attached hydrogens (tertiary/aromatic N) is 4. The zero-order valence-corrected chi connectivity index (χ0v) is 56.8. The molecule has 9 rings (SSSR count). The molecule has 0 unspecified atom stereocenters. The minimum absolute atomic E-state index is 0.242. The van der Waals surface area contributed by atoms with Gasteiger partial charge in [-0.15, -0.1) is 0 Å². The third-order valence-corrected chi connectivity index (χ3v) is 16.4. The second-order valence-electron chi connectivity index (χ2n) is 24.2. The van der Waals surface area contributed by atoms with Gasteiger partial charge in [0.25, 0.3) is 0 Å². The molecule has 0 aliphatic heterocycles. The van der Waals surface area contributed by atoms with Crippen LogP contribution < -0.4 is 40.2 Å². The molecule has 0 saturated heterocycles.